The first-order valence-corrected chi connectivity index (χ1v) is 11.2. The van der Waals surface area contributed by atoms with Crippen LogP contribution in [0.3, 0.4) is 0 Å². The Balaban J connectivity index is 1.89. The summed E-state index contributed by atoms with van der Waals surface area (Å²) in [6, 6.07) is 8.87. The number of pyridine rings is 1. The Kier molecular flexibility index (Phi) is 8.30. The molecular formula is C24H32N4O4. The number of hydrogen-bond donors (Lipinski definition) is 3. The number of amides is 2. The molecule has 1 heterocycles. The van der Waals surface area contributed by atoms with Crippen LogP contribution >= 0.6 is 0 Å². The first kappa shape index (κ1) is 23.4. The van der Waals surface area contributed by atoms with Gasteiger partial charge >= 0.3 is 12.0 Å². The van der Waals surface area contributed by atoms with Crippen LogP contribution in [0.5, 0.6) is 5.75 Å². The number of ether oxygens (including phenoxy) is 1. The number of hydrogen-bond acceptors (Lipinski definition) is 5. The summed E-state index contributed by atoms with van der Waals surface area (Å²) in [7, 11) is 0. The van der Waals surface area contributed by atoms with Gasteiger partial charge in [0.05, 0.1) is 23.3 Å². The molecule has 3 rings (SSSR count). The highest BCUT2D eigenvalue weighted by atomic mass is 16.5. The number of urea groups is 1. The van der Waals surface area contributed by atoms with Crippen LogP contribution in [0.2, 0.25) is 0 Å². The minimum absolute atomic E-state index is 0.390. The molecule has 1 aromatic carbocycles. The van der Waals surface area contributed by atoms with Crippen LogP contribution in [0.25, 0.3) is 0 Å². The predicted molar refractivity (Wildman–Crippen MR) is 126 cm³/mol. The Bertz CT molecular complexity index is 898. The van der Waals surface area contributed by atoms with Crippen molar-refractivity contribution in [1.82, 2.24) is 4.98 Å². The lowest BCUT2D eigenvalue weighted by Crippen LogP contribution is -2.40. The number of nitrogens with zero attached hydrogens (tertiary/aromatic N) is 2. The van der Waals surface area contributed by atoms with Crippen molar-refractivity contribution < 1.29 is 19.4 Å². The molecule has 8 nitrogen and oxygen atoms in total. The number of carbonyl (C=O) groups is 2. The van der Waals surface area contributed by atoms with Gasteiger partial charge in [-0.15, -0.1) is 0 Å². The Hall–Kier alpha value is -3.29. The van der Waals surface area contributed by atoms with E-state index in [9.17, 15) is 9.59 Å². The van der Waals surface area contributed by atoms with E-state index in [0.29, 0.717) is 29.1 Å². The smallest absolute Gasteiger partial charge is 0.341 e. The molecular weight excluding hydrogens is 408 g/mol. The number of nitrogens with one attached hydrogen (secondary N) is 2. The van der Waals surface area contributed by atoms with Gasteiger partial charge < -0.3 is 25.4 Å². The Morgan fingerprint density at radius 2 is 1.97 bits per heavy atom. The molecule has 0 radical (unpaired) electrons. The van der Waals surface area contributed by atoms with Crippen molar-refractivity contribution >= 4 is 29.1 Å². The van der Waals surface area contributed by atoms with Crippen molar-refractivity contribution in [3.8, 4) is 5.75 Å². The van der Waals surface area contributed by atoms with Crippen molar-refractivity contribution in [2.24, 2.45) is 5.92 Å². The zero-order valence-electron chi connectivity index (χ0n) is 18.7. The van der Waals surface area contributed by atoms with Crippen LogP contribution in [-0.4, -0.2) is 41.3 Å². The van der Waals surface area contributed by atoms with Crippen LogP contribution < -0.4 is 20.3 Å². The molecule has 1 aromatic heterocycles. The summed E-state index contributed by atoms with van der Waals surface area (Å²) in [5.74, 6) is -0.223. The van der Waals surface area contributed by atoms with Gasteiger partial charge in [0, 0.05) is 24.8 Å². The van der Waals surface area contributed by atoms with Gasteiger partial charge in [0.25, 0.3) is 0 Å². The SMILES string of the molecule is CC(C)CN(c1ccc(OCC(=O)O)cc1NC(=O)Nc1cccnc1)C1CCCCC1. The summed E-state index contributed by atoms with van der Waals surface area (Å²) < 4.78 is 5.37. The highest BCUT2D eigenvalue weighted by Gasteiger charge is 2.25. The van der Waals surface area contributed by atoms with E-state index < -0.39 is 18.6 Å². The van der Waals surface area contributed by atoms with E-state index >= 15 is 0 Å². The lowest BCUT2D eigenvalue weighted by molar-refractivity contribution is -0.139. The molecule has 172 valence electrons. The molecule has 1 aliphatic carbocycles. The minimum Gasteiger partial charge on any atom is -0.482 e. The number of carbonyl (C=O) groups excluding carboxylic acids is 1. The van der Waals surface area contributed by atoms with E-state index in [2.05, 4.69) is 34.4 Å². The Morgan fingerprint density at radius 3 is 2.62 bits per heavy atom. The minimum atomic E-state index is -1.05. The largest absolute Gasteiger partial charge is 0.482 e. The lowest BCUT2D eigenvalue weighted by atomic mass is 9.93. The molecule has 1 aliphatic rings. The highest BCUT2D eigenvalue weighted by molar-refractivity contribution is 6.02. The molecule has 0 aliphatic heterocycles. The maximum atomic E-state index is 12.7. The molecule has 3 N–H and O–H groups in total. The summed E-state index contributed by atoms with van der Waals surface area (Å²) >= 11 is 0. The molecule has 2 aromatic rings. The summed E-state index contributed by atoms with van der Waals surface area (Å²) in [5.41, 5.74) is 2.08. The third-order valence-electron chi connectivity index (χ3n) is 5.38. The van der Waals surface area contributed by atoms with E-state index in [-0.39, 0.29) is 0 Å². The van der Waals surface area contributed by atoms with Crippen LogP contribution in [0.1, 0.15) is 46.0 Å². The monoisotopic (exact) mass is 440 g/mol. The molecule has 8 heteroatoms. The average Bonchev–Trinajstić information content (AvgIpc) is 2.77. The summed E-state index contributed by atoms with van der Waals surface area (Å²) in [4.78, 5) is 30.0. The molecule has 0 atom stereocenters. The Morgan fingerprint density at radius 1 is 1.19 bits per heavy atom. The number of carboxylic acids is 1. The fourth-order valence-corrected chi connectivity index (χ4v) is 4.05. The number of carboxylic acid groups (broad SMARTS) is 1. The van der Waals surface area contributed by atoms with Gasteiger partial charge in [-0.25, -0.2) is 9.59 Å². The first-order valence-electron chi connectivity index (χ1n) is 11.2. The molecule has 1 fully saturated rings. The standard InChI is InChI=1S/C24H32N4O4/c1-17(2)15-28(19-8-4-3-5-9-19)22-11-10-20(32-16-23(29)30)13-21(22)27-24(31)26-18-7-6-12-25-14-18/h6-7,10-14,17,19H,3-5,8-9,15-16H2,1-2H3,(H,29,30)(H2,26,27,31). The molecule has 0 unspecified atom stereocenters. The van der Waals surface area contributed by atoms with Gasteiger partial charge in [0.15, 0.2) is 6.61 Å². The van der Waals surface area contributed by atoms with E-state index in [4.69, 9.17) is 9.84 Å². The van der Waals surface area contributed by atoms with Gasteiger partial charge in [0.2, 0.25) is 0 Å². The average molecular weight is 441 g/mol. The quantitative estimate of drug-likeness (QED) is 0.508. The lowest BCUT2D eigenvalue weighted by Gasteiger charge is -2.38. The highest BCUT2D eigenvalue weighted by Crippen LogP contribution is 2.35. The number of rotatable bonds is 9. The van der Waals surface area contributed by atoms with Crippen LogP contribution in [-0.2, 0) is 4.79 Å². The van der Waals surface area contributed by atoms with Crippen molar-refractivity contribution in [2.45, 2.75) is 52.0 Å². The van der Waals surface area contributed by atoms with Crippen molar-refractivity contribution in [3.63, 3.8) is 0 Å². The van der Waals surface area contributed by atoms with Gasteiger partial charge in [-0.2, -0.15) is 0 Å². The van der Waals surface area contributed by atoms with Gasteiger partial charge in [-0.05, 0) is 43.0 Å². The van der Waals surface area contributed by atoms with Crippen LogP contribution in [0.15, 0.2) is 42.7 Å². The second-order valence-electron chi connectivity index (χ2n) is 8.52. The molecule has 0 bridgehead atoms. The number of anilines is 3. The van der Waals surface area contributed by atoms with E-state index in [0.717, 1.165) is 25.1 Å². The maximum absolute atomic E-state index is 12.7. The molecule has 2 amide bonds. The summed E-state index contributed by atoms with van der Waals surface area (Å²) in [6.45, 7) is 4.78. The third kappa shape index (κ3) is 6.87. The van der Waals surface area contributed by atoms with Crippen LogP contribution in [0, 0.1) is 5.92 Å². The van der Waals surface area contributed by atoms with Gasteiger partial charge in [0.1, 0.15) is 5.75 Å². The number of aromatic nitrogens is 1. The fraction of sp³-hybridized carbons (Fsp3) is 0.458. The normalized spacial score (nSPS) is 14.1. The second-order valence-corrected chi connectivity index (χ2v) is 8.52. The molecule has 0 spiro atoms. The molecule has 32 heavy (non-hydrogen) atoms. The Labute approximate surface area is 189 Å². The summed E-state index contributed by atoms with van der Waals surface area (Å²) in [5, 5.41) is 14.7. The number of aliphatic carboxylic acids is 1. The second kappa shape index (κ2) is 11.4. The van der Waals surface area contributed by atoms with Crippen molar-refractivity contribution in [3.05, 3.63) is 42.7 Å². The van der Waals surface area contributed by atoms with E-state index in [1.54, 1.807) is 36.7 Å². The van der Waals surface area contributed by atoms with Gasteiger partial charge in [-0.1, -0.05) is 33.1 Å². The van der Waals surface area contributed by atoms with Crippen LogP contribution in [0.4, 0.5) is 21.9 Å². The zero-order valence-corrected chi connectivity index (χ0v) is 18.7. The van der Waals surface area contributed by atoms with E-state index in [1.807, 2.05) is 6.07 Å². The first-order chi connectivity index (χ1) is 15.4. The topological polar surface area (TPSA) is 104 Å². The fourth-order valence-electron chi connectivity index (χ4n) is 4.05. The number of benzene rings is 1. The van der Waals surface area contributed by atoms with Crippen molar-refractivity contribution in [2.75, 3.05) is 28.7 Å². The van der Waals surface area contributed by atoms with Gasteiger partial charge in [-0.3, -0.25) is 4.98 Å². The van der Waals surface area contributed by atoms with Crippen molar-refractivity contribution in [1.29, 1.82) is 0 Å². The molecule has 1 saturated carbocycles. The van der Waals surface area contributed by atoms with E-state index in [1.165, 1.54) is 19.3 Å². The zero-order chi connectivity index (χ0) is 22.9. The summed E-state index contributed by atoms with van der Waals surface area (Å²) in [6.07, 6.45) is 9.09. The predicted octanol–water partition coefficient (Wildman–Crippen LogP) is 4.98. The molecule has 0 saturated heterocycles. The third-order valence-corrected chi connectivity index (χ3v) is 5.38. The maximum Gasteiger partial charge on any atom is 0.341 e.